The van der Waals surface area contributed by atoms with Crippen molar-refractivity contribution in [2.75, 3.05) is 7.05 Å². The third-order valence-electron chi connectivity index (χ3n) is 2.87. The molecule has 0 bridgehead atoms. The molecule has 0 amide bonds. The van der Waals surface area contributed by atoms with E-state index in [2.05, 4.69) is 17.0 Å². The van der Waals surface area contributed by atoms with Gasteiger partial charge in [-0.15, -0.1) is 11.3 Å². The van der Waals surface area contributed by atoms with Crippen molar-refractivity contribution >= 4 is 21.4 Å². The Labute approximate surface area is 120 Å². The third-order valence-corrected chi connectivity index (χ3v) is 5.95. The molecule has 0 saturated carbocycles. The predicted octanol–water partition coefficient (Wildman–Crippen LogP) is 2.71. The topological polar surface area (TPSA) is 58.2 Å². The van der Waals surface area contributed by atoms with Gasteiger partial charge < -0.3 is 5.32 Å². The number of thiophene rings is 1. The molecule has 4 nitrogen and oxygen atoms in total. The van der Waals surface area contributed by atoms with Gasteiger partial charge in [0.25, 0.3) is 0 Å². The van der Waals surface area contributed by atoms with Crippen molar-refractivity contribution in [2.24, 2.45) is 0 Å². The molecule has 2 N–H and O–H groups in total. The number of unbranched alkanes of at least 4 members (excludes halogenated alkanes) is 2. The summed E-state index contributed by atoms with van der Waals surface area (Å²) in [4.78, 5) is 0. The Morgan fingerprint density at radius 1 is 1.37 bits per heavy atom. The molecule has 19 heavy (non-hydrogen) atoms. The molecular weight excluding hydrogens is 280 g/mol. The Kier molecular flexibility index (Phi) is 6.99. The zero-order valence-electron chi connectivity index (χ0n) is 11.9. The van der Waals surface area contributed by atoms with Crippen molar-refractivity contribution in [3.05, 3.63) is 17.0 Å². The fourth-order valence-electron chi connectivity index (χ4n) is 1.87. The summed E-state index contributed by atoms with van der Waals surface area (Å²) < 4.78 is 27.5. The van der Waals surface area contributed by atoms with Crippen LogP contribution in [0.1, 0.15) is 45.1 Å². The van der Waals surface area contributed by atoms with Crippen molar-refractivity contribution in [2.45, 2.75) is 56.3 Å². The summed E-state index contributed by atoms with van der Waals surface area (Å²) in [6.07, 6.45) is 4.26. The van der Waals surface area contributed by atoms with Gasteiger partial charge in [0.1, 0.15) is 4.21 Å². The summed E-state index contributed by atoms with van der Waals surface area (Å²) >= 11 is 1.28. The molecule has 1 unspecified atom stereocenters. The van der Waals surface area contributed by atoms with Crippen molar-refractivity contribution < 1.29 is 8.42 Å². The average molecular weight is 304 g/mol. The summed E-state index contributed by atoms with van der Waals surface area (Å²) in [6, 6.07) is 1.73. The lowest BCUT2D eigenvalue weighted by atomic mass is 10.1. The minimum atomic E-state index is -3.35. The molecular formula is C13H24N2O2S2. The number of rotatable bonds is 9. The average Bonchev–Trinajstić information content (AvgIpc) is 2.78. The lowest BCUT2D eigenvalue weighted by molar-refractivity contribution is 0.528. The fraction of sp³-hybridized carbons (Fsp3) is 0.692. The van der Waals surface area contributed by atoms with Crippen molar-refractivity contribution in [3.63, 3.8) is 0 Å². The lowest BCUT2D eigenvalue weighted by Crippen LogP contribution is -2.32. The van der Waals surface area contributed by atoms with Crippen LogP contribution >= 0.6 is 11.3 Å². The number of sulfonamides is 1. The van der Waals surface area contributed by atoms with Crippen LogP contribution in [0.15, 0.2) is 15.7 Å². The van der Waals surface area contributed by atoms with Crippen LogP contribution in [0, 0.1) is 0 Å². The van der Waals surface area contributed by atoms with Gasteiger partial charge in [-0.3, -0.25) is 0 Å². The van der Waals surface area contributed by atoms with Crippen LogP contribution in [0.3, 0.4) is 0 Å². The molecule has 0 radical (unpaired) electrons. The molecule has 0 saturated heterocycles. The minimum Gasteiger partial charge on any atom is -0.316 e. The standard InChI is InChI=1S/C13H24N2O2S2/c1-4-5-6-7-11(2)15-19(16,17)13-8-12(9-14-3)10-18-13/h8,10-11,14-15H,4-7,9H2,1-3H3. The van der Waals surface area contributed by atoms with Gasteiger partial charge in [-0.1, -0.05) is 26.2 Å². The van der Waals surface area contributed by atoms with E-state index in [1.54, 1.807) is 6.07 Å². The molecule has 0 aliphatic rings. The van der Waals surface area contributed by atoms with Crippen molar-refractivity contribution in [3.8, 4) is 0 Å². The summed E-state index contributed by atoms with van der Waals surface area (Å²) in [5, 5.41) is 4.90. The quantitative estimate of drug-likeness (QED) is 0.690. The first-order valence-corrected chi connectivity index (χ1v) is 9.10. The molecule has 0 aromatic carbocycles. The van der Waals surface area contributed by atoms with Crippen molar-refractivity contribution in [1.29, 1.82) is 0 Å². The number of hydrogen-bond donors (Lipinski definition) is 2. The van der Waals surface area contributed by atoms with Crippen LogP contribution in [0.2, 0.25) is 0 Å². The van der Waals surface area contributed by atoms with Crippen LogP contribution in [0.4, 0.5) is 0 Å². The van der Waals surface area contributed by atoms with Gasteiger partial charge in [0, 0.05) is 12.6 Å². The largest absolute Gasteiger partial charge is 0.316 e. The van der Waals surface area contributed by atoms with Crippen molar-refractivity contribution in [1.82, 2.24) is 10.0 Å². The van der Waals surface area contributed by atoms with E-state index in [4.69, 9.17) is 0 Å². The van der Waals surface area contributed by atoms with Gasteiger partial charge >= 0.3 is 0 Å². The molecule has 1 aromatic rings. The third kappa shape index (κ3) is 5.60. The highest BCUT2D eigenvalue weighted by Crippen LogP contribution is 2.20. The molecule has 6 heteroatoms. The van der Waals surface area contributed by atoms with E-state index >= 15 is 0 Å². The smallest absolute Gasteiger partial charge is 0.250 e. The van der Waals surface area contributed by atoms with Gasteiger partial charge in [0.2, 0.25) is 10.0 Å². The van der Waals surface area contributed by atoms with Crippen LogP contribution in [0.5, 0.6) is 0 Å². The second-order valence-corrected chi connectivity index (χ2v) is 7.67. The molecule has 1 aromatic heterocycles. The summed E-state index contributed by atoms with van der Waals surface area (Å²) in [5.41, 5.74) is 1.01. The van der Waals surface area contributed by atoms with E-state index in [-0.39, 0.29) is 6.04 Å². The van der Waals surface area contributed by atoms with Crippen LogP contribution in [-0.4, -0.2) is 21.5 Å². The minimum absolute atomic E-state index is 0.00796. The SMILES string of the molecule is CCCCCC(C)NS(=O)(=O)c1cc(CNC)cs1. The maximum atomic E-state index is 12.2. The molecule has 110 valence electrons. The number of hydrogen-bond acceptors (Lipinski definition) is 4. The van der Waals surface area contributed by atoms with Gasteiger partial charge in [-0.25, -0.2) is 13.1 Å². The zero-order chi connectivity index (χ0) is 14.3. The Hall–Kier alpha value is -0.430. The van der Waals surface area contributed by atoms with E-state index in [1.807, 2.05) is 19.4 Å². The predicted molar refractivity (Wildman–Crippen MR) is 81.0 cm³/mol. The monoisotopic (exact) mass is 304 g/mol. The van der Waals surface area contributed by atoms with E-state index in [0.29, 0.717) is 10.8 Å². The maximum Gasteiger partial charge on any atom is 0.250 e. The first-order valence-electron chi connectivity index (χ1n) is 6.74. The first kappa shape index (κ1) is 16.6. The van der Waals surface area contributed by atoms with Gasteiger partial charge in [0.15, 0.2) is 0 Å². The highest BCUT2D eigenvalue weighted by Gasteiger charge is 2.19. The fourth-order valence-corrected chi connectivity index (χ4v) is 4.38. The summed E-state index contributed by atoms with van der Waals surface area (Å²) in [7, 11) is -1.51. The molecule has 1 rings (SSSR count). The molecule has 0 spiro atoms. The van der Waals surface area contributed by atoms with E-state index in [9.17, 15) is 8.42 Å². The molecule has 0 fully saturated rings. The van der Waals surface area contributed by atoms with Crippen LogP contribution in [-0.2, 0) is 16.6 Å². The van der Waals surface area contributed by atoms with Crippen LogP contribution < -0.4 is 10.0 Å². The van der Waals surface area contributed by atoms with E-state index in [1.165, 1.54) is 11.3 Å². The van der Waals surface area contributed by atoms with E-state index in [0.717, 1.165) is 31.2 Å². The van der Waals surface area contributed by atoms with Gasteiger partial charge in [-0.2, -0.15) is 0 Å². The lowest BCUT2D eigenvalue weighted by Gasteiger charge is -2.12. The zero-order valence-corrected chi connectivity index (χ0v) is 13.5. The van der Waals surface area contributed by atoms with Crippen LogP contribution in [0.25, 0.3) is 0 Å². The molecule has 0 aliphatic carbocycles. The number of nitrogens with one attached hydrogen (secondary N) is 2. The first-order chi connectivity index (χ1) is 8.99. The summed E-state index contributed by atoms with van der Waals surface area (Å²) in [6.45, 7) is 4.76. The van der Waals surface area contributed by atoms with E-state index < -0.39 is 10.0 Å². The second-order valence-electron chi connectivity index (χ2n) is 4.82. The molecule has 1 atom stereocenters. The summed E-state index contributed by atoms with van der Waals surface area (Å²) in [5.74, 6) is 0. The Morgan fingerprint density at radius 2 is 2.11 bits per heavy atom. The highest BCUT2D eigenvalue weighted by molar-refractivity contribution is 7.91. The molecule has 0 aliphatic heterocycles. The molecule has 1 heterocycles. The second kappa shape index (κ2) is 7.99. The van der Waals surface area contributed by atoms with Gasteiger partial charge in [-0.05, 0) is 37.4 Å². The Balaban J connectivity index is 2.58. The normalized spacial score (nSPS) is 13.6. The Bertz CT molecular complexity index is 469. The highest BCUT2D eigenvalue weighted by atomic mass is 32.2. The maximum absolute atomic E-state index is 12.2. The Morgan fingerprint density at radius 3 is 2.74 bits per heavy atom. The van der Waals surface area contributed by atoms with Gasteiger partial charge in [0.05, 0.1) is 0 Å².